The maximum absolute atomic E-state index is 11.6. The standard InChI is InChI=1S/C12H15NO4S/c1-9(11(14)16-2)13(18)12(15)17-8-10-6-4-3-5-7-10/h3-7,9,18H,8H2,1-2H3/t9-/m1/s1. The molecule has 98 valence electrons. The summed E-state index contributed by atoms with van der Waals surface area (Å²) in [6, 6.07) is 8.42. The van der Waals surface area contributed by atoms with Gasteiger partial charge in [-0.3, -0.25) is 0 Å². The molecule has 0 heterocycles. The molecule has 0 fully saturated rings. The van der Waals surface area contributed by atoms with Gasteiger partial charge in [-0.25, -0.2) is 13.9 Å². The molecule has 0 aliphatic heterocycles. The molecule has 0 bridgehead atoms. The summed E-state index contributed by atoms with van der Waals surface area (Å²) < 4.78 is 10.4. The van der Waals surface area contributed by atoms with Gasteiger partial charge in [0.25, 0.3) is 0 Å². The van der Waals surface area contributed by atoms with Gasteiger partial charge >= 0.3 is 12.1 Å². The van der Waals surface area contributed by atoms with Crippen molar-refractivity contribution in [2.45, 2.75) is 19.6 Å². The number of thiol groups is 1. The van der Waals surface area contributed by atoms with Crippen LogP contribution in [-0.2, 0) is 20.9 Å². The summed E-state index contributed by atoms with van der Waals surface area (Å²) in [5.41, 5.74) is 0.860. The molecule has 6 heteroatoms. The topological polar surface area (TPSA) is 55.8 Å². The van der Waals surface area contributed by atoms with Crippen LogP contribution in [0.2, 0.25) is 0 Å². The number of rotatable bonds is 4. The van der Waals surface area contributed by atoms with Crippen LogP contribution in [0.1, 0.15) is 12.5 Å². The third-order valence-corrected chi connectivity index (χ3v) is 2.81. The van der Waals surface area contributed by atoms with E-state index in [4.69, 9.17) is 4.74 Å². The maximum Gasteiger partial charge on any atom is 0.420 e. The van der Waals surface area contributed by atoms with Crippen molar-refractivity contribution in [1.29, 1.82) is 0 Å². The Labute approximate surface area is 111 Å². The highest BCUT2D eigenvalue weighted by atomic mass is 32.1. The van der Waals surface area contributed by atoms with E-state index in [9.17, 15) is 9.59 Å². The molecule has 0 N–H and O–H groups in total. The minimum Gasteiger partial charge on any atom is -0.467 e. The Balaban J connectivity index is 2.48. The molecule has 1 rings (SSSR count). The number of amides is 1. The predicted molar refractivity (Wildman–Crippen MR) is 68.9 cm³/mol. The highest BCUT2D eigenvalue weighted by Gasteiger charge is 2.25. The summed E-state index contributed by atoms with van der Waals surface area (Å²) in [5, 5.41) is 0. The summed E-state index contributed by atoms with van der Waals surface area (Å²) in [6.07, 6.45) is -0.694. The third-order valence-electron chi connectivity index (χ3n) is 2.30. The molecule has 5 nitrogen and oxygen atoms in total. The normalized spacial score (nSPS) is 11.5. The number of nitrogens with zero attached hydrogens (tertiary/aromatic N) is 1. The molecule has 0 aliphatic carbocycles. The Bertz CT molecular complexity index is 410. The largest absolute Gasteiger partial charge is 0.467 e. The summed E-state index contributed by atoms with van der Waals surface area (Å²) in [7, 11) is 1.25. The fraction of sp³-hybridized carbons (Fsp3) is 0.333. The third kappa shape index (κ3) is 3.96. The second-order valence-electron chi connectivity index (χ2n) is 3.58. The lowest BCUT2D eigenvalue weighted by molar-refractivity contribution is -0.144. The summed E-state index contributed by atoms with van der Waals surface area (Å²) in [5.74, 6) is -0.554. The molecule has 1 amide bonds. The van der Waals surface area contributed by atoms with Crippen molar-refractivity contribution in [3.8, 4) is 0 Å². The first-order chi connectivity index (χ1) is 8.56. The first-order valence-electron chi connectivity index (χ1n) is 5.33. The average molecular weight is 269 g/mol. The van der Waals surface area contributed by atoms with Gasteiger partial charge in [0.15, 0.2) is 0 Å². The first-order valence-corrected chi connectivity index (χ1v) is 5.73. The van der Waals surface area contributed by atoms with Crippen molar-refractivity contribution in [3.05, 3.63) is 35.9 Å². The van der Waals surface area contributed by atoms with Gasteiger partial charge in [-0.15, -0.1) is 0 Å². The SMILES string of the molecule is COC(=O)[C@@H](C)N(S)C(=O)OCc1ccccc1. The minimum atomic E-state index is -0.804. The summed E-state index contributed by atoms with van der Waals surface area (Å²) >= 11 is 3.92. The molecule has 1 aromatic rings. The second kappa shape index (κ2) is 6.90. The number of hydrogen-bond acceptors (Lipinski definition) is 5. The molecule has 0 aromatic heterocycles. The van der Waals surface area contributed by atoms with E-state index in [1.165, 1.54) is 14.0 Å². The number of ether oxygens (including phenoxy) is 2. The Kier molecular flexibility index (Phi) is 5.51. The number of methoxy groups -OCH3 is 1. The molecule has 18 heavy (non-hydrogen) atoms. The summed E-state index contributed by atoms with van der Waals surface area (Å²) in [6.45, 7) is 1.63. The van der Waals surface area contributed by atoms with Gasteiger partial charge in [0.2, 0.25) is 0 Å². The molecular weight excluding hydrogens is 254 g/mol. The van der Waals surface area contributed by atoms with Crippen LogP contribution in [0.5, 0.6) is 0 Å². The van der Waals surface area contributed by atoms with Crippen molar-refractivity contribution in [2.75, 3.05) is 7.11 Å². The quantitative estimate of drug-likeness (QED) is 0.671. The van der Waals surface area contributed by atoms with Gasteiger partial charge < -0.3 is 9.47 Å². The number of carbonyl (C=O) groups is 2. The second-order valence-corrected chi connectivity index (χ2v) is 4.01. The van der Waals surface area contributed by atoms with Crippen LogP contribution < -0.4 is 0 Å². The van der Waals surface area contributed by atoms with E-state index < -0.39 is 18.1 Å². The highest BCUT2D eigenvalue weighted by molar-refractivity contribution is 7.78. The molecule has 0 spiro atoms. The number of benzene rings is 1. The fourth-order valence-electron chi connectivity index (χ4n) is 1.21. The molecular formula is C12H15NO4S. The van der Waals surface area contributed by atoms with E-state index in [2.05, 4.69) is 17.6 Å². The Morgan fingerprint density at radius 3 is 2.50 bits per heavy atom. The fourth-order valence-corrected chi connectivity index (χ4v) is 1.37. The maximum atomic E-state index is 11.6. The van der Waals surface area contributed by atoms with Gasteiger partial charge in [0, 0.05) is 0 Å². The van der Waals surface area contributed by atoms with E-state index in [-0.39, 0.29) is 6.61 Å². The monoisotopic (exact) mass is 269 g/mol. The van der Waals surface area contributed by atoms with Crippen molar-refractivity contribution >= 4 is 24.9 Å². The molecule has 1 atom stereocenters. The van der Waals surface area contributed by atoms with E-state index in [0.717, 1.165) is 9.87 Å². The Morgan fingerprint density at radius 1 is 1.33 bits per heavy atom. The van der Waals surface area contributed by atoms with Crippen LogP contribution in [0.15, 0.2) is 30.3 Å². The molecule has 0 aliphatic rings. The Hall–Kier alpha value is -1.69. The van der Waals surface area contributed by atoms with Gasteiger partial charge in [0.1, 0.15) is 12.6 Å². The van der Waals surface area contributed by atoms with Crippen LogP contribution in [0.4, 0.5) is 4.79 Å². The van der Waals surface area contributed by atoms with E-state index in [1.807, 2.05) is 30.3 Å². The highest BCUT2D eigenvalue weighted by Crippen LogP contribution is 2.09. The van der Waals surface area contributed by atoms with E-state index in [0.29, 0.717) is 0 Å². The van der Waals surface area contributed by atoms with Gasteiger partial charge in [-0.1, -0.05) is 43.1 Å². The van der Waals surface area contributed by atoms with Crippen molar-refractivity contribution in [3.63, 3.8) is 0 Å². The minimum absolute atomic E-state index is 0.130. The molecule has 0 saturated heterocycles. The molecule has 1 aromatic carbocycles. The van der Waals surface area contributed by atoms with Crippen LogP contribution in [0, 0.1) is 0 Å². The number of hydrogen-bond donors (Lipinski definition) is 1. The van der Waals surface area contributed by atoms with Crippen LogP contribution in [0.25, 0.3) is 0 Å². The zero-order valence-corrected chi connectivity index (χ0v) is 11.1. The van der Waals surface area contributed by atoms with E-state index in [1.54, 1.807) is 0 Å². The average Bonchev–Trinajstić information content (AvgIpc) is 2.43. The Morgan fingerprint density at radius 2 is 1.94 bits per heavy atom. The zero-order valence-electron chi connectivity index (χ0n) is 10.2. The lowest BCUT2D eigenvalue weighted by Crippen LogP contribution is -2.37. The molecule has 0 saturated carbocycles. The lowest BCUT2D eigenvalue weighted by atomic mass is 10.2. The molecule has 0 radical (unpaired) electrons. The first kappa shape index (κ1) is 14.4. The van der Waals surface area contributed by atoms with Crippen molar-refractivity contribution in [1.82, 2.24) is 4.31 Å². The van der Waals surface area contributed by atoms with Crippen molar-refractivity contribution in [2.24, 2.45) is 0 Å². The predicted octanol–water partition coefficient (Wildman–Crippen LogP) is 2.03. The number of carbonyl (C=O) groups excluding carboxylic acids is 2. The number of esters is 1. The van der Waals surface area contributed by atoms with Crippen LogP contribution >= 0.6 is 12.8 Å². The molecule has 0 unspecified atom stereocenters. The van der Waals surface area contributed by atoms with E-state index >= 15 is 0 Å². The van der Waals surface area contributed by atoms with Crippen LogP contribution in [0.3, 0.4) is 0 Å². The summed E-state index contributed by atoms with van der Waals surface area (Å²) in [4.78, 5) is 22.8. The van der Waals surface area contributed by atoms with Crippen molar-refractivity contribution < 1.29 is 19.1 Å². The lowest BCUT2D eigenvalue weighted by Gasteiger charge is -2.20. The smallest absolute Gasteiger partial charge is 0.420 e. The zero-order chi connectivity index (χ0) is 13.5. The van der Waals surface area contributed by atoms with Gasteiger partial charge in [0.05, 0.1) is 7.11 Å². The van der Waals surface area contributed by atoms with Crippen LogP contribution in [-0.4, -0.2) is 29.5 Å². The van der Waals surface area contributed by atoms with Gasteiger partial charge in [-0.05, 0) is 12.5 Å². The van der Waals surface area contributed by atoms with Gasteiger partial charge in [-0.2, -0.15) is 0 Å².